The van der Waals surface area contributed by atoms with Gasteiger partial charge in [0.15, 0.2) is 0 Å². The van der Waals surface area contributed by atoms with Crippen LogP contribution < -0.4 is 0 Å². The monoisotopic (exact) mass is 354 g/mol. The molecular weight excluding hydrogens is 327 g/mol. The molecule has 0 unspecified atom stereocenters. The van der Waals surface area contributed by atoms with Crippen molar-refractivity contribution < 1.29 is 12.8 Å². The Hall–Kier alpha value is -0.980. The van der Waals surface area contributed by atoms with Gasteiger partial charge in [-0.1, -0.05) is 12.1 Å². The van der Waals surface area contributed by atoms with E-state index in [4.69, 9.17) is 0 Å². The van der Waals surface area contributed by atoms with Gasteiger partial charge in [-0.25, -0.2) is 17.1 Å². The van der Waals surface area contributed by atoms with Gasteiger partial charge in [-0.05, 0) is 57.2 Å². The van der Waals surface area contributed by atoms with Crippen LogP contribution in [0.2, 0.25) is 0 Å². The highest BCUT2D eigenvalue weighted by atomic mass is 32.2. The van der Waals surface area contributed by atoms with E-state index in [1.807, 2.05) is 0 Å². The maximum atomic E-state index is 13.0. The summed E-state index contributed by atoms with van der Waals surface area (Å²) >= 11 is 0. The highest BCUT2D eigenvalue weighted by Gasteiger charge is 2.37. The molecule has 1 aromatic rings. The Labute approximate surface area is 144 Å². The Morgan fingerprint density at radius 3 is 2.33 bits per heavy atom. The predicted molar refractivity (Wildman–Crippen MR) is 93.6 cm³/mol. The van der Waals surface area contributed by atoms with Gasteiger partial charge < -0.3 is 0 Å². The van der Waals surface area contributed by atoms with Crippen LogP contribution in [0.3, 0.4) is 0 Å². The molecule has 3 rings (SSSR count). The Morgan fingerprint density at radius 2 is 1.71 bits per heavy atom. The zero-order chi connectivity index (χ0) is 17.3. The largest absolute Gasteiger partial charge is 0.294 e. The van der Waals surface area contributed by atoms with Crippen LogP contribution in [0.1, 0.15) is 45.1 Å². The molecular formula is C18H27FN2O2S. The van der Waals surface area contributed by atoms with E-state index >= 15 is 0 Å². The summed E-state index contributed by atoms with van der Waals surface area (Å²) in [6.07, 6.45) is 4.36. The standard InChI is InChI=1S/C18H27FN2O2S/c1-14-5-6-15(2)21(14)18-4-3-11-20(12-18)24(22,23)13-16-7-9-17(19)10-8-16/h7-10,14-15,18H,3-6,11-13H2,1-2H3/t14-,15+,18-/m1/s1. The van der Waals surface area contributed by atoms with Gasteiger partial charge in [-0.2, -0.15) is 0 Å². The van der Waals surface area contributed by atoms with Crippen molar-refractivity contribution >= 4 is 10.0 Å². The van der Waals surface area contributed by atoms with Crippen molar-refractivity contribution in [2.24, 2.45) is 0 Å². The van der Waals surface area contributed by atoms with Gasteiger partial charge in [-0.3, -0.25) is 4.90 Å². The smallest absolute Gasteiger partial charge is 0.218 e. The Bertz CT molecular complexity index is 652. The molecule has 0 radical (unpaired) electrons. The number of benzene rings is 1. The Kier molecular flexibility index (Phi) is 5.27. The number of hydrogen-bond acceptors (Lipinski definition) is 3. The molecule has 0 bridgehead atoms. The number of rotatable bonds is 4. The normalized spacial score (nSPS) is 29.9. The second-order valence-electron chi connectivity index (χ2n) is 7.26. The molecule has 0 aromatic heterocycles. The van der Waals surface area contributed by atoms with Crippen LogP contribution in [-0.4, -0.2) is 48.8 Å². The lowest BCUT2D eigenvalue weighted by Gasteiger charge is -2.41. The summed E-state index contributed by atoms with van der Waals surface area (Å²) in [5, 5.41) is 0. The molecule has 24 heavy (non-hydrogen) atoms. The maximum Gasteiger partial charge on any atom is 0.218 e. The molecule has 2 aliphatic heterocycles. The average Bonchev–Trinajstić information content (AvgIpc) is 2.88. The van der Waals surface area contributed by atoms with Crippen molar-refractivity contribution in [3.05, 3.63) is 35.6 Å². The summed E-state index contributed by atoms with van der Waals surface area (Å²) in [5.74, 6) is -0.392. The third-order valence-corrected chi connectivity index (χ3v) is 7.27. The molecule has 4 nitrogen and oxygen atoms in total. The van der Waals surface area contributed by atoms with Gasteiger partial charge in [0, 0.05) is 31.2 Å². The summed E-state index contributed by atoms with van der Waals surface area (Å²) in [5.41, 5.74) is 0.640. The van der Waals surface area contributed by atoms with Gasteiger partial charge in [0.05, 0.1) is 5.75 Å². The molecule has 2 saturated heterocycles. The van der Waals surface area contributed by atoms with Crippen LogP contribution in [0.25, 0.3) is 0 Å². The summed E-state index contributed by atoms with van der Waals surface area (Å²) < 4.78 is 40.2. The first kappa shape index (κ1) is 17.8. The molecule has 6 heteroatoms. The zero-order valence-corrected chi connectivity index (χ0v) is 15.3. The molecule has 0 N–H and O–H groups in total. The van der Waals surface area contributed by atoms with E-state index in [0.717, 1.165) is 12.8 Å². The molecule has 0 amide bonds. The number of piperidine rings is 1. The minimum atomic E-state index is -3.36. The maximum absolute atomic E-state index is 13.0. The van der Waals surface area contributed by atoms with Gasteiger partial charge in [0.2, 0.25) is 10.0 Å². The van der Waals surface area contributed by atoms with Crippen molar-refractivity contribution in [3.8, 4) is 0 Å². The first-order chi connectivity index (χ1) is 11.4. The number of sulfonamides is 1. The number of hydrogen-bond donors (Lipinski definition) is 0. The molecule has 1 aromatic carbocycles. The quantitative estimate of drug-likeness (QED) is 0.835. The molecule has 3 atom stereocenters. The van der Waals surface area contributed by atoms with Crippen molar-refractivity contribution in [1.82, 2.24) is 9.21 Å². The summed E-state index contributed by atoms with van der Waals surface area (Å²) in [6, 6.07) is 7.12. The second kappa shape index (κ2) is 7.10. The van der Waals surface area contributed by atoms with E-state index in [1.165, 1.54) is 25.0 Å². The summed E-state index contributed by atoms with van der Waals surface area (Å²) in [4.78, 5) is 2.51. The van der Waals surface area contributed by atoms with Crippen LogP contribution in [0.4, 0.5) is 4.39 Å². The Balaban J connectivity index is 1.70. The van der Waals surface area contributed by atoms with Crippen molar-refractivity contribution in [1.29, 1.82) is 0 Å². The molecule has 2 heterocycles. The Morgan fingerprint density at radius 1 is 1.08 bits per heavy atom. The van der Waals surface area contributed by atoms with Gasteiger partial charge in [0.25, 0.3) is 0 Å². The topological polar surface area (TPSA) is 40.6 Å². The SMILES string of the molecule is C[C@@H]1CC[C@H](C)N1[C@@H]1CCCN(S(=O)(=O)Cc2ccc(F)cc2)C1. The van der Waals surface area contributed by atoms with Crippen LogP contribution in [-0.2, 0) is 15.8 Å². The first-order valence-electron chi connectivity index (χ1n) is 8.86. The van der Waals surface area contributed by atoms with Crippen molar-refractivity contribution in [2.45, 2.75) is 63.4 Å². The number of nitrogens with zero attached hydrogens (tertiary/aromatic N) is 2. The van der Waals surface area contributed by atoms with Crippen LogP contribution >= 0.6 is 0 Å². The average molecular weight is 354 g/mol. The van der Waals surface area contributed by atoms with E-state index in [9.17, 15) is 12.8 Å². The number of halogens is 1. The molecule has 2 fully saturated rings. The molecule has 0 aliphatic carbocycles. The molecule has 134 valence electrons. The van der Waals surface area contributed by atoms with E-state index < -0.39 is 10.0 Å². The highest BCUT2D eigenvalue weighted by Crippen LogP contribution is 2.30. The number of likely N-dealkylation sites (tertiary alicyclic amines) is 1. The summed E-state index contributed by atoms with van der Waals surface area (Å²) in [6.45, 7) is 5.67. The zero-order valence-electron chi connectivity index (χ0n) is 14.5. The highest BCUT2D eigenvalue weighted by molar-refractivity contribution is 7.88. The van der Waals surface area contributed by atoms with Gasteiger partial charge >= 0.3 is 0 Å². The fourth-order valence-corrected chi connectivity index (χ4v) is 5.84. The lowest BCUT2D eigenvalue weighted by atomic mass is 10.0. The third-order valence-electron chi connectivity index (χ3n) is 5.46. The third kappa shape index (κ3) is 3.81. The van der Waals surface area contributed by atoms with E-state index in [2.05, 4.69) is 18.7 Å². The minimum absolute atomic E-state index is 0.0505. The molecule has 0 saturated carbocycles. The second-order valence-corrected chi connectivity index (χ2v) is 9.23. The van der Waals surface area contributed by atoms with Crippen LogP contribution in [0.15, 0.2) is 24.3 Å². The lowest BCUT2D eigenvalue weighted by Crippen LogP contribution is -2.52. The lowest BCUT2D eigenvalue weighted by molar-refractivity contribution is 0.0979. The molecule has 2 aliphatic rings. The fraction of sp³-hybridized carbons (Fsp3) is 0.667. The van der Waals surface area contributed by atoms with E-state index in [0.29, 0.717) is 36.8 Å². The van der Waals surface area contributed by atoms with Crippen molar-refractivity contribution in [3.63, 3.8) is 0 Å². The predicted octanol–water partition coefficient (Wildman–Crippen LogP) is 2.99. The summed E-state index contributed by atoms with van der Waals surface area (Å²) in [7, 11) is -3.36. The minimum Gasteiger partial charge on any atom is -0.294 e. The van der Waals surface area contributed by atoms with Crippen molar-refractivity contribution in [2.75, 3.05) is 13.1 Å². The fourth-order valence-electron chi connectivity index (χ4n) is 4.23. The van der Waals surface area contributed by atoms with Crippen LogP contribution in [0, 0.1) is 5.82 Å². The first-order valence-corrected chi connectivity index (χ1v) is 10.5. The van der Waals surface area contributed by atoms with E-state index in [1.54, 1.807) is 16.4 Å². The van der Waals surface area contributed by atoms with Gasteiger partial charge in [-0.15, -0.1) is 0 Å². The van der Waals surface area contributed by atoms with E-state index in [-0.39, 0.29) is 11.6 Å². The molecule has 0 spiro atoms. The van der Waals surface area contributed by atoms with Crippen LogP contribution in [0.5, 0.6) is 0 Å². The van der Waals surface area contributed by atoms with Gasteiger partial charge in [0.1, 0.15) is 5.82 Å².